The van der Waals surface area contributed by atoms with Crippen molar-refractivity contribution in [3.63, 3.8) is 0 Å². The van der Waals surface area contributed by atoms with Crippen LogP contribution in [0.1, 0.15) is 23.7 Å². The van der Waals surface area contributed by atoms with Crippen LogP contribution < -0.4 is 10.6 Å². The van der Waals surface area contributed by atoms with E-state index in [-0.39, 0.29) is 5.91 Å². The van der Waals surface area contributed by atoms with E-state index in [1.165, 1.54) is 0 Å². The van der Waals surface area contributed by atoms with Crippen LogP contribution in [0.2, 0.25) is 10.0 Å². The second-order valence-corrected chi connectivity index (χ2v) is 5.49. The fourth-order valence-electron chi connectivity index (χ4n) is 2.01. The first-order chi connectivity index (χ1) is 10.0. The maximum atomic E-state index is 12.7. The van der Waals surface area contributed by atoms with Crippen LogP contribution in [0.15, 0.2) is 42.5 Å². The highest BCUT2D eigenvalue weighted by Crippen LogP contribution is 2.25. The summed E-state index contributed by atoms with van der Waals surface area (Å²) in [6.45, 7) is 2.63. The van der Waals surface area contributed by atoms with Crippen molar-refractivity contribution in [2.75, 3.05) is 17.2 Å². The number of benzene rings is 2. The van der Waals surface area contributed by atoms with E-state index < -0.39 is 0 Å². The van der Waals surface area contributed by atoms with Crippen molar-refractivity contribution in [1.29, 1.82) is 0 Å². The van der Waals surface area contributed by atoms with Crippen LogP contribution in [-0.4, -0.2) is 12.5 Å². The fourth-order valence-corrected chi connectivity index (χ4v) is 2.31. The van der Waals surface area contributed by atoms with Gasteiger partial charge < -0.3 is 10.6 Å². The second kappa shape index (κ2) is 6.83. The molecule has 0 radical (unpaired) electrons. The predicted molar refractivity (Wildman–Crippen MR) is 89.3 cm³/mol. The molecular weight excluding hydrogens is 307 g/mol. The molecule has 0 bridgehead atoms. The second-order valence-electron chi connectivity index (χ2n) is 4.68. The molecule has 0 unspecified atom stereocenters. The van der Waals surface area contributed by atoms with Crippen molar-refractivity contribution in [2.45, 2.75) is 13.3 Å². The summed E-state index contributed by atoms with van der Waals surface area (Å²) in [5, 5.41) is 0.805. The SMILES string of the molecule is CCCN(C(=O)c1ccc(Cl)c(Cl)c1)c1ccc(N)cc1. The third-order valence-corrected chi connectivity index (χ3v) is 3.80. The average molecular weight is 323 g/mol. The molecule has 21 heavy (non-hydrogen) atoms. The molecule has 0 atom stereocenters. The third-order valence-electron chi connectivity index (χ3n) is 3.06. The van der Waals surface area contributed by atoms with Crippen LogP contribution in [0.5, 0.6) is 0 Å². The Bertz CT molecular complexity index is 641. The lowest BCUT2D eigenvalue weighted by Gasteiger charge is -2.22. The lowest BCUT2D eigenvalue weighted by molar-refractivity contribution is 0.0987. The van der Waals surface area contributed by atoms with Gasteiger partial charge in [0.2, 0.25) is 0 Å². The van der Waals surface area contributed by atoms with Crippen LogP contribution in [0.4, 0.5) is 11.4 Å². The fraction of sp³-hybridized carbons (Fsp3) is 0.188. The van der Waals surface area contributed by atoms with Crippen LogP contribution in [-0.2, 0) is 0 Å². The summed E-state index contributed by atoms with van der Waals surface area (Å²) >= 11 is 11.9. The number of hydrogen-bond donors (Lipinski definition) is 1. The summed E-state index contributed by atoms with van der Waals surface area (Å²) in [5.41, 5.74) is 7.67. The van der Waals surface area contributed by atoms with Gasteiger partial charge in [0.05, 0.1) is 10.0 Å². The molecule has 0 aliphatic rings. The van der Waals surface area contributed by atoms with E-state index in [4.69, 9.17) is 28.9 Å². The minimum Gasteiger partial charge on any atom is -0.399 e. The smallest absolute Gasteiger partial charge is 0.258 e. The topological polar surface area (TPSA) is 46.3 Å². The van der Waals surface area contributed by atoms with E-state index in [2.05, 4.69) is 0 Å². The Labute approximate surface area is 134 Å². The number of halogens is 2. The molecule has 2 rings (SSSR count). The van der Waals surface area contributed by atoms with Gasteiger partial charge >= 0.3 is 0 Å². The van der Waals surface area contributed by atoms with Crippen LogP contribution in [0, 0.1) is 0 Å². The van der Waals surface area contributed by atoms with Gasteiger partial charge in [0, 0.05) is 23.5 Å². The molecule has 0 heterocycles. The maximum absolute atomic E-state index is 12.7. The van der Waals surface area contributed by atoms with Crippen molar-refractivity contribution in [3.8, 4) is 0 Å². The van der Waals surface area contributed by atoms with Gasteiger partial charge in [-0.15, -0.1) is 0 Å². The number of carbonyl (C=O) groups is 1. The van der Waals surface area contributed by atoms with E-state index in [0.29, 0.717) is 27.8 Å². The first kappa shape index (κ1) is 15.7. The largest absolute Gasteiger partial charge is 0.399 e. The number of anilines is 2. The van der Waals surface area contributed by atoms with Gasteiger partial charge in [-0.25, -0.2) is 0 Å². The normalized spacial score (nSPS) is 10.4. The molecule has 110 valence electrons. The molecule has 0 aliphatic carbocycles. The van der Waals surface area contributed by atoms with E-state index in [1.54, 1.807) is 35.2 Å². The number of nitrogens with two attached hydrogens (primary N) is 1. The molecule has 1 amide bonds. The molecule has 0 saturated heterocycles. The lowest BCUT2D eigenvalue weighted by Crippen LogP contribution is -2.31. The standard InChI is InChI=1S/C16H16Cl2N2O/c1-2-9-20(13-6-4-12(19)5-7-13)16(21)11-3-8-14(17)15(18)10-11/h3-8,10H,2,9,19H2,1H3. The Morgan fingerprint density at radius 1 is 1.10 bits per heavy atom. The quantitative estimate of drug-likeness (QED) is 0.834. The predicted octanol–water partition coefficient (Wildman–Crippen LogP) is 4.63. The number of hydrogen-bond acceptors (Lipinski definition) is 2. The molecule has 0 fully saturated rings. The number of amides is 1. The number of rotatable bonds is 4. The van der Waals surface area contributed by atoms with Gasteiger partial charge in [0.1, 0.15) is 0 Å². The van der Waals surface area contributed by atoms with Gasteiger partial charge in [-0.3, -0.25) is 4.79 Å². The number of nitrogens with zero attached hydrogens (tertiary/aromatic N) is 1. The van der Waals surface area contributed by atoms with Crippen molar-refractivity contribution >= 4 is 40.5 Å². The van der Waals surface area contributed by atoms with Gasteiger partial charge in [0.15, 0.2) is 0 Å². The van der Waals surface area contributed by atoms with Gasteiger partial charge in [-0.2, -0.15) is 0 Å². The summed E-state index contributed by atoms with van der Waals surface area (Å²) < 4.78 is 0. The molecule has 0 aliphatic heterocycles. The highest BCUT2D eigenvalue weighted by Gasteiger charge is 2.17. The molecule has 2 N–H and O–H groups in total. The summed E-state index contributed by atoms with van der Waals surface area (Å²) in [6, 6.07) is 12.1. The first-order valence-electron chi connectivity index (χ1n) is 6.65. The summed E-state index contributed by atoms with van der Waals surface area (Å²) in [7, 11) is 0. The van der Waals surface area contributed by atoms with Gasteiger partial charge in [0.25, 0.3) is 5.91 Å². The van der Waals surface area contributed by atoms with E-state index in [9.17, 15) is 4.79 Å². The Morgan fingerprint density at radius 3 is 2.33 bits per heavy atom. The molecule has 5 heteroatoms. The lowest BCUT2D eigenvalue weighted by atomic mass is 10.1. The molecule has 0 saturated carbocycles. The Balaban J connectivity index is 2.34. The number of nitrogen functional groups attached to an aromatic ring is 1. The Kier molecular flexibility index (Phi) is 5.10. The van der Waals surface area contributed by atoms with Crippen LogP contribution >= 0.6 is 23.2 Å². The summed E-state index contributed by atoms with van der Waals surface area (Å²) in [5.74, 6) is -0.111. The van der Waals surface area contributed by atoms with Crippen molar-refractivity contribution in [3.05, 3.63) is 58.1 Å². The summed E-state index contributed by atoms with van der Waals surface area (Å²) in [6.07, 6.45) is 0.845. The average Bonchev–Trinajstić information content (AvgIpc) is 2.48. The zero-order chi connectivity index (χ0) is 15.4. The highest BCUT2D eigenvalue weighted by atomic mass is 35.5. The minimum atomic E-state index is -0.111. The summed E-state index contributed by atoms with van der Waals surface area (Å²) in [4.78, 5) is 14.4. The molecule has 2 aromatic rings. The minimum absolute atomic E-state index is 0.111. The molecular formula is C16H16Cl2N2O. The van der Waals surface area contributed by atoms with Gasteiger partial charge in [-0.05, 0) is 48.9 Å². The van der Waals surface area contributed by atoms with Crippen molar-refractivity contribution < 1.29 is 4.79 Å². The van der Waals surface area contributed by atoms with Crippen molar-refractivity contribution in [2.24, 2.45) is 0 Å². The maximum Gasteiger partial charge on any atom is 0.258 e. The number of carbonyl (C=O) groups excluding carboxylic acids is 1. The Morgan fingerprint density at radius 2 is 1.76 bits per heavy atom. The highest BCUT2D eigenvalue weighted by molar-refractivity contribution is 6.42. The molecule has 2 aromatic carbocycles. The first-order valence-corrected chi connectivity index (χ1v) is 7.41. The van der Waals surface area contributed by atoms with E-state index in [1.807, 2.05) is 19.1 Å². The molecule has 3 nitrogen and oxygen atoms in total. The van der Waals surface area contributed by atoms with Crippen LogP contribution in [0.3, 0.4) is 0 Å². The van der Waals surface area contributed by atoms with Gasteiger partial charge in [-0.1, -0.05) is 30.1 Å². The monoisotopic (exact) mass is 322 g/mol. The molecule has 0 aromatic heterocycles. The van der Waals surface area contributed by atoms with Crippen LogP contribution in [0.25, 0.3) is 0 Å². The third kappa shape index (κ3) is 3.69. The zero-order valence-corrected chi connectivity index (χ0v) is 13.2. The Hall–Kier alpha value is -1.71. The zero-order valence-electron chi connectivity index (χ0n) is 11.6. The van der Waals surface area contributed by atoms with E-state index >= 15 is 0 Å². The van der Waals surface area contributed by atoms with E-state index in [0.717, 1.165) is 12.1 Å². The van der Waals surface area contributed by atoms with Crippen molar-refractivity contribution in [1.82, 2.24) is 0 Å². The molecule has 0 spiro atoms.